The highest BCUT2D eigenvalue weighted by Gasteiger charge is 2.30. The maximum Gasteiger partial charge on any atom is 0.416 e. The lowest BCUT2D eigenvalue weighted by atomic mass is 9.99. The van der Waals surface area contributed by atoms with Crippen LogP contribution in [0.3, 0.4) is 0 Å². The van der Waals surface area contributed by atoms with E-state index in [1.54, 1.807) is 6.07 Å². The molecule has 0 aliphatic carbocycles. The molecule has 27 heavy (non-hydrogen) atoms. The molecule has 2 nitrogen and oxygen atoms in total. The van der Waals surface area contributed by atoms with Gasteiger partial charge < -0.3 is 5.11 Å². The van der Waals surface area contributed by atoms with Gasteiger partial charge in [-0.1, -0.05) is 60.7 Å². The Balaban J connectivity index is 1.63. The van der Waals surface area contributed by atoms with Crippen LogP contribution in [0.1, 0.15) is 36.1 Å². The first kappa shape index (κ1) is 19.4. The van der Waals surface area contributed by atoms with Gasteiger partial charge in [-0.2, -0.15) is 13.2 Å². The van der Waals surface area contributed by atoms with Crippen LogP contribution in [0.15, 0.2) is 66.7 Å². The SMILES string of the molecule is C[C@@H](NC(O)CCc1cccc(C(F)(F)F)c1)c1cccc2ccccc12. The Bertz CT molecular complexity index is 902. The monoisotopic (exact) mass is 373 g/mol. The molecular formula is C22H22F3NO. The molecule has 0 amide bonds. The summed E-state index contributed by atoms with van der Waals surface area (Å²) in [6.07, 6.45) is -4.47. The van der Waals surface area contributed by atoms with Crippen molar-refractivity contribution in [1.82, 2.24) is 5.32 Å². The molecule has 2 N–H and O–H groups in total. The molecule has 5 heteroatoms. The molecule has 142 valence electrons. The standard InChI is InChI=1S/C22H22F3NO/c1-15(19-11-5-8-17-7-2-3-10-20(17)19)26-21(27)13-12-16-6-4-9-18(14-16)22(23,24)25/h2-11,14-15,21,26-27H,12-13H2,1H3/t15-,21?/m1/s1. The summed E-state index contributed by atoms with van der Waals surface area (Å²) in [4.78, 5) is 0. The van der Waals surface area contributed by atoms with Crippen molar-refractivity contribution in [1.29, 1.82) is 0 Å². The molecule has 0 heterocycles. The fourth-order valence-corrected chi connectivity index (χ4v) is 3.30. The average molecular weight is 373 g/mol. The molecule has 1 unspecified atom stereocenters. The number of halogens is 3. The first-order chi connectivity index (χ1) is 12.8. The normalized spacial score (nSPS) is 14.3. The topological polar surface area (TPSA) is 32.3 Å². The van der Waals surface area contributed by atoms with Crippen molar-refractivity contribution in [3.8, 4) is 0 Å². The number of aliphatic hydroxyl groups excluding tert-OH is 1. The molecule has 3 aromatic rings. The number of aliphatic hydroxyl groups is 1. The first-order valence-corrected chi connectivity index (χ1v) is 8.92. The van der Waals surface area contributed by atoms with E-state index in [0.717, 1.165) is 28.5 Å². The lowest BCUT2D eigenvalue weighted by molar-refractivity contribution is -0.137. The number of hydrogen-bond acceptors (Lipinski definition) is 2. The molecule has 0 saturated carbocycles. The second kappa shape index (κ2) is 8.11. The van der Waals surface area contributed by atoms with Crippen molar-refractivity contribution < 1.29 is 18.3 Å². The maximum absolute atomic E-state index is 12.8. The largest absolute Gasteiger partial charge is 0.416 e. The number of benzene rings is 3. The lowest BCUT2D eigenvalue weighted by Crippen LogP contribution is -2.31. The summed E-state index contributed by atoms with van der Waals surface area (Å²) in [7, 11) is 0. The number of fused-ring (bicyclic) bond motifs is 1. The minimum Gasteiger partial charge on any atom is -0.379 e. The van der Waals surface area contributed by atoms with Crippen LogP contribution in [-0.2, 0) is 12.6 Å². The zero-order valence-electron chi connectivity index (χ0n) is 15.0. The molecule has 0 aliphatic heterocycles. The third-order valence-electron chi connectivity index (χ3n) is 4.69. The highest BCUT2D eigenvalue weighted by Crippen LogP contribution is 2.30. The van der Waals surface area contributed by atoms with Crippen LogP contribution < -0.4 is 5.32 Å². The van der Waals surface area contributed by atoms with Gasteiger partial charge in [-0.15, -0.1) is 0 Å². The van der Waals surface area contributed by atoms with E-state index in [9.17, 15) is 18.3 Å². The summed E-state index contributed by atoms with van der Waals surface area (Å²) in [5.41, 5.74) is 0.973. The zero-order chi connectivity index (χ0) is 19.4. The summed E-state index contributed by atoms with van der Waals surface area (Å²) in [5.74, 6) is 0. The van der Waals surface area contributed by atoms with Gasteiger partial charge in [0.1, 0.15) is 6.23 Å². The van der Waals surface area contributed by atoms with Crippen molar-refractivity contribution in [2.75, 3.05) is 0 Å². The van der Waals surface area contributed by atoms with Gasteiger partial charge in [-0.3, -0.25) is 5.32 Å². The van der Waals surface area contributed by atoms with Crippen molar-refractivity contribution in [3.63, 3.8) is 0 Å². The first-order valence-electron chi connectivity index (χ1n) is 8.92. The minimum absolute atomic E-state index is 0.0902. The Morgan fingerprint density at radius 1 is 0.963 bits per heavy atom. The van der Waals surface area contributed by atoms with Gasteiger partial charge >= 0.3 is 6.18 Å². The molecule has 0 aliphatic rings. The summed E-state index contributed by atoms with van der Waals surface area (Å²) in [5, 5.41) is 15.7. The van der Waals surface area contributed by atoms with Crippen molar-refractivity contribution >= 4 is 10.8 Å². The Morgan fingerprint density at radius 3 is 2.44 bits per heavy atom. The smallest absolute Gasteiger partial charge is 0.379 e. The number of hydrogen-bond donors (Lipinski definition) is 2. The molecule has 0 fully saturated rings. The van der Waals surface area contributed by atoms with Gasteiger partial charge in [0, 0.05) is 6.04 Å². The molecule has 3 aromatic carbocycles. The van der Waals surface area contributed by atoms with E-state index in [4.69, 9.17) is 0 Å². The predicted molar refractivity (Wildman–Crippen MR) is 101 cm³/mol. The van der Waals surface area contributed by atoms with Crippen molar-refractivity contribution in [2.24, 2.45) is 0 Å². The van der Waals surface area contributed by atoms with Crippen molar-refractivity contribution in [2.45, 2.75) is 38.2 Å². The molecule has 0 radical (unpaired) electrons. The number of aryl methyl sites for hydroxylation is 1. The molecular weight excluding hydrogens is 351 g/mol. The van der Waals surface area contributed by atoms with E-state index in [1.807, 2.05) is 49.4 Å². The molecule has 3 rings (SSSR count). The minimum atomic E-state index is -4.35. The van der Waals surface area contributed by atoms with E-state index in [2.05, 4.69) is 5.32 Å². The van der Waals surface area contributed by atoms with Crippen LogP contribution in [0.25, 0.3) is 10.8 Å². The summed E-state index contributed by atoms with van der Waals surface area (Å²) < 4.78 is 38.4. The molecule has 2 atom stereocenters. The fourth-order valence-electron chi connectivity index (χ4n) is 3.30. The number of alkyl halides is 3. The second-order valence-corrected chi connectivity index (χ2v) is 6.71. The maximum atomic E-state index is 12.8. The Morgan fingerprint density at radius 2 is 1.67 bits per heavy atom. The number of nitrogens with one attached hydrogen (secondary N) is 1. The molecule has 0 aromatic heterocycles. The average Bonchev–Trinajstić information content (AvgIpc) is 2.65. The quantitative estimate of drug-likeness (QED) is 0.562. The van der Waals surface area contributed by atoms with Gasteiger partial charge in [-0.05, 0) is 47.7 Å². The van der Waals surface area contributed by atoms with E-state index in [1.165, 1.54) is 6.07 Å². The third kappa shape index (κ3) is 4.87. The van der Waals surface area contributed by atoms with Crippen LogP contribution >= 0.6 is 0 Å². The van der Waals surface area contributed by atoms with Crippen molar-refractivity contribution in [3.05, 3.63) is 83.4 Å². The Labute approximate surface area is 156 Å². The molecule has 0 saturated heterocycles. The zero-order valence-corrected chi connectivity index (χ0v) is 15.0. The van der Waals surface area contributed by atoms with Crippen LogP contribution in [0.4, 0.5) is 13.2 Å². The van der Waals surface area contributed by atoms with E-state index in [-0.39, 0.29) is 6.04 Å². The van der Waals surface area contributed by atoms with Crippen LogP contribution in [0, 0.1) is 0 Å². The van der Waals surface area contributed by atoms with E-state index < -0.39 is 18.0 Å². The van der Waals surface area contributed by atoms with Gasteiger partial charge in [0.15, 0.2) is 0 Å². The summed E-state index contributed by atoms with van der Waals surface area (Å²) in [6, 6.07) is 19.2. The van der Waals surface area contributed by atoms with Gasteiger partial charge in [0.2, 0.25) is 0 Å². The van der Waals surface area contributed by atoms with Gasteiger partial charge in [-0.25, -0.2) is 0 Å². The van der Waals surface area contributed by atoms with Crippen LogP contribution in [0.2, 0.25) is 0 Å². The predicted octanol–water partition coefficient (Wildman–Crippen LogP) is 5.46. The summed E-state index contributed by atoms with van der Waals surface area (Å²) in [6.45, 7) is 1.97. The van der Waals surface area contributed by atoms with Gasteiger partial charge in [0.25, 0.3) is 0 Å². The van der Waals surface area contributed by atoms with E-state index in [0.29, 0.717) is 18.4 Å². The summed E-state index contributed by atoms with van der Waals surface area (Å²) >= 11 is 0. The Hall–Kier alpha value is -2.37. The second-order valence-electron chi connectivity index (χ2n) is 6.71. The highest BCUT2D eigenvalue weighted by atomic mass is 19.4. The molecule has 0 spiro atoms. The highest BCUT2D eigenvalue weighted by molar-refractivity contribution is 5.86. The van der Waals surface area contributed by atoms with Crippen LogP contribution in [0.5, 0.6) is 0 Å². The van der Waals surface area contributed by atoms with E-state index >= 15 is 0 Å². The number of rotatable bonds is 6. The van der Waals surface area contributed by atoms with Gasteiger partial charge in [0.05, 0.1) is 5.56 Å². The lowest BCUT2D eigenvalue weighted by Gasteiger charge is -2.21. The Kier molecular flexibility index (Phi) is 5.82. The fraction of sp³-hybridized carbons (Fsp3) is 0.273. The molecule has 0 bridgehead atoms. The van der Waals surface area contributed by atoms with Crippen LogP contribution in [-0.4, -0.2) is 11.3 Å². The third-order valence-corrected chi connectivity index (χ3v) is 4.69.